The molecule has 0 fully saturated rings. The first-order valence-corrected chi connectivity index (χ1v) is 4.68. The minimum Gasteiger partial charge on any atom is -0.299 e. The van der Waals surface area contributed by atoms with Crippen molar-refractivity contribution in [2.75, 3.05) is 0 Å². The van der Waals surface area contributed by atoms with Gasteiger partial charge in [-0.15, -0.1) is 0 Å². The molecule has 0 aliphatic heterocycles. The Bertz CT molecular complexity index is 372. The molecule has 80 valence electrons. The first kappa shape index (κ1) is 13.6. The molecule has 0 aromatic rings. The van der Waals surface area contributed by atoms with Gasteiger partial charge in [0.15, 0.2) is 0 Å². The summed E-state index contributed by atoms with van der Waals surface area (Å²) < 4.78 is 0. The van der Waals surface area contributed by atoms with Gasteiger partial charge >= 0.3 is 0 Å². The maximum absolute atomic E-state index is 11.8. The van der Waals surface area contributed by atoms with Gasteiger partial charge < -0.3 is 0 Å². The molecule has 0 radical (unpaired) electrons. The van der Waals surface area contributed by atoms with Crippen LogP contribution in [0.2, 0.25) is 0 Å². The van der Waals surface area contributed by atoms with E-state index in [-0.39, 0.29) is 37.9 Å². The summed E-state index contributed by atoms with van der Waals surface area (Å²) in [5.74, 6) is -0.348. The van der Waals surface area contributed by atoms with Gasteiger partial charge in [-0.2, -0.15) is 21.0 Å². The van der Waals surface area contributed by atoms with Crippen molar-refractivity contribution in [3.8, 4) is 24.3 Å². The van der Waals surface area contributed by atoms with E-state index in [0.717, 1.165) is 0 Å². The molecular weight excluding hydrogens is 204 g/mol. The summed E-state index contributed by atoms with van der Waals surface area (Å²) in [6.45, 7) is 0. The number of nitriles is 4. The summed E-state index contributed by atoms with van der Waals surface area (Å²) in [5, 5.41) is 34.3. The van der Waals surface area contributed by atoms with Gasteiger partial charge in [-0.1, -0.05) is 0 Å². The lowest BCUT2D eigenvalue weighted by molar-refractivity contribution is -0.128. The first-order chi connectivity index (χ1) is 7.66. The Labute approximate surface area is 94.1 Å². The van der Waals surface area contributed by atoms with Crippen molar-refractivity contribution in [3.05, 3.63) is 0 Å². The number of ketones is 1. The Morgan fingerprint density at radius 1 is 0.875 bits per heavy atom. The van der Waals surface area contributed by atoms with Crippen molar-refractivity contribution in [3.63, 3.8) is 0 Å². The zero-order valence-corrected chi connectivity index (χ0v) is 8.73. The molecule has 0 unspecified atom stereocenters. The summed E-state index contributed by atoms with van der Waals surface area (Å²) >= 11 is 0. The number of nitrogens with zero attached hydrogens (tertiary/aromatic N) is 4. The second-order valence-electron chi connectivity index (χ2n) is 3.37. The lowest BCUT2D eigenvalue weighted by Gasteiger charge is -2.23. The second-order valence-corrected chi connectivity index (χ2v) is 3.37. The predicted octanol–water partition coefficient (Wildman–Crippen LogP) is 1.59. The van der Waals surface area contributed by atoms with Crippen LogP contribution in [0.25, 0.3) is 0 Å². The number of carbonyl (C=O) groups excluding carboxylic acids is 1. The highest BCUT2D eigenvalue weighted by molar-refractivity contribution is 5.85. The van der Waals surface area contributed by atoms with Gasteiger partial charge in [-0.25, -0.2) is 0 Å². The van der Waals surface area contributed by atoms with E-state index in [2.05, 4.69) is 0 Å². The lowest BCUT2D eigenvalue weighted by atomic mass is 9.74. The molecule has 16 heavy (non-hydrogen) atoms. The van der Waals surface area contributed by atoms with E-state index in [1.807, 2.05) is 24.3 Å². The first-order valence-electron chi connectivity index (χ1n) is 4.68. The fourth-order valence-electron chi connectivity index (χ4n) is 1.37. The van der Waals surface area contributed by atoms with Crippen LogP contribution in [-0.2, 0) is 4.79 Å². The third-order valence-corrected chi connectivity index (χ3v) is 2.31. The highest BCUT2D eigenvalue weighted by Gasteiger charge is 2.37. The van der Waals surface area contributed by atoms with Gasteiger partial charge in [0.05, 0.1) is 29.7 Å². The van der Waals surface area contributed by atoms with Gasteiger partial charge in [0.1, 0.15) is 5.78 Å². The number of rotatable bonds is 6. The highest BCUT2D eigenvalue weighted by Crippen LogP contribution is 2.32. The van der Waals surface area contributed by atoms with Gasteiger partial charge in [-0.3, -0.25) is 4.79 Å². The van der Waals surface area contributed by atoms with Gasteiger partial charge in [0, 0.05) is 32.1 Å². The second kappa shape index (κ2) is 6.99. The normalized spacial score (nSPS) is 9.25. The quantitative estimate of drug-likeness (QED) is 0.666. The lowest BCUT2D eigenvalue weighted by Crippen LogP contribution is -2.30. The molecule has 0 atom stereocenters. The largest absolute Gasteiger partial charge is 0.299 e. The highest BCUT2D eigenvalue weighted by atomic mass is 16.1. The standard InChI is InChI=1S/C11H10N4O/c12-6-1-2-10(16)11(3-7-13,4-8-14)5-9-15/h1-5H2. The fourth-order valence-corrected chi connectivity index (χ4v) is 1.37. The zero-order chi connectivity index (χ0) is 12.4. The molecule has 0 spiro atoms. The van der Waals surface area contributed by atoms with Crippen LogP contribution in [0.15, 0.2) is 0 Å². The summed E-state index contributed by atoms with van der Waals surface area (Å²) in [5.41, 5.74) is -1.21. The molecule has 0 aromatic carbocycles. The van der Waals surface area contributed by atoms with E-state index in [0.29, 0.717) is 0 Å². The third kappa shape index (κ3) is 3.41. The molecule has 0 bridgehead atoms. The average Bonchev–Trinajstić information content (AvgIpc) is 2.26. The van der Waals surface area contributed by atoms with Crippen LogP contribution in [0.5, 0.6) is 0 Å². The molecule has 0 rings (SSSR count). The number of carbonyl (C=O) groups is 1. The van der Waals surface area contributed by atoms with E-state index in [1.54, 1.807) is 0 Å². The van der Waals surface area contributed by atoms with Crippen LogP contribution in [0.1, 0.15) is 32.1 Å². The van der Waals surface area contributed by atoms with Crippen LogP contribution in [0, 0.1) is 50.7 Å². The van der Waals surface area contributed by atoms with Gasteiger partial charge in [0.2, 0.25) is 0 Å². The summed E-state index contributed by atoms with van der Waals surface area (Å²) in [4.78, 5) is 11.8. The molecule has 0 heterocycles. The summed E-state index contributed by atoms with van der Waals surface area (Å²) in [6, 6.07) is 7.32. The zero-order valence-electron chi connectivity index (χ0n) is 8.73. The van der Waals surface area contributed by atoms with Crippen LogP contribution >= 0.6 is 0 Å². The van der Waals surface area contributed by atoms with Crippen molar-refractivity contribution in [1.82, 2.24) is 0 Å². The molecule has 0 saturated carbocycles. The van der Waals surface area contributed by atoms with Crippen LogP contribution in [-0.4, -0.2) is 5.78 Å². The molecule has 0 aliphatic rings. The number of hydrogen-bond donors (Lipinski definition) is 0. The van der Waals surface area contributed by atoms with Crippen molar-refractivity contribution < 1.29 is 4.79 Å². The summed E-state index contributed by atoms with van der Waals surface area (Å²) in [6.07, 6.45) is -0.431. The fraction of sp³-hybridized carbons (Fsp3) is 0.545. The maximum Gasteiger partial charge on any atom is 0.143 e. The third-order valence-electron chi connectivity index (χ3n) is 2.31. The Kier molecular flexibility index (Phi) is 5.96. The summed E-state index contributed by atoms with van der Waals surface area (Å²) in [7, 11) is 0. The average molecular weight is 214 g/mol. The Balaban J connectivity index is 4.97. The number of Topliss-reactive ketones (excluding diaryl/α,β-unsaturated/α-hetero) is 1. The predicted molar refractivity (Wildman–Crippen MR) is 53.0 cm³/mol. The van der Waals surface area contributed by atoms with E-state index >= 15 is 0 Å². The van der Waals surface area contributed by atoms with Crippen molar-refractivity contribution in [2.45, 2.75) is 32.1 Å². The minimum absolute atomic E-state index is 0.0124. The molecule has 0 N–H and O–H groups in total. The molecule has 0 aliphatic carbocycles. The van der Waals surface area contributed by atoms with Gasteiger partial charge in [-0.05, 0) is 0 Å². The van der Waals surface area contributed by atoms with Crippen molar-refractivity contribution in [2.24, 2.45) is 5.41 Å². The maximum atomic E-state index is 11.8. The Morgan fingerprint density at radius 2 is 1.31 bits per heavy atom. The monoisotopic (exact) mass is 214 g/mol. The minimum atomic E-state index is -1.21. The van der Waals surface area contributed by atoms with Crippen LogP contribution < -0.4 is 0 Å². The topological polar surface area (TPSA) is 112 Å². The van der Waals surface area contributed by atoms with Crippen molar-refractivity contribution in [1.29, 1.82) is 21.0 Å². The molecule has 5 heteroatoms. The Hall–Kier alpha value is -2.37. The smallest absolute Gasteiger partial charge is 0.143 e. The number of hydrogen-bond acceptors (Lipinski definition) is 5. The molecule has 0 aromatic heterocycles. The Morgan fingerprint density at radius 3 is 1.62 bits per heavy atom. The van der Waals surface area contributed by atoms with Crippen LogP contribution in [0.3, 0.4) is 0 Å². The van der Waals surface area contributed by atoms with Crippen molar-refractivity contribution >= 4 is 5.78 Å². The molecule has 0 saturated heterocycles. The van der Waals surface area contributed by atoms with Crippen LogP contribution in [0.4, 0.5) is 0 Å². The molecule has 5 nitrogen and oxygen atoms in total. The van der Waals surface area contributed by atoms with Gasteiger partial charge in [0.25, 0.3) is 0 Å². The van der Waals surface area contributed by atoms with E-state index in [1.165, 1.54) is 0 Å². The molecule has 0 amide bonds. The SMILES string of the molecule is N#CCCC(=O)C(CC#N)(CC#N)CC#N. The molecular formula is C11H10N4O. The van der Waals surface area contributed by atoms with E-state index in [9.17, 15) is 4.79 Å². The van der Waals surface area contributed by atoms with E-state index in [4.69, 9.17) is 21.0 Å². The van der Waals surface area contributed by atoms with E-state index < -0.39 is 5.41 Å².